The maximum Gasteiger partial charge on any atom is 0.303 e. The Bertz CT molecular complexity index is 925. The van der Waals surface area contributed by atoms with Crippen LogP contribution in [0.2, 0.25) is 0 Å². The van der Waals surface area contributed by atoms with Crippen molar-refractivity contribution in [2.75, 3.05) is 6.54 Å². The molecule has 3 rings (SSSR count). The summed E-state index contributed by atoms with van der Waals surface area (Å²) in [6.07, 6.45) is 2.12. The van der Waals surface area contributed by atoms with E-state index in [1.807, 2.05) is 24.3 Å². The van der Waals surface area contributed by atoms with Gasteiger partial charge in [0.25, 0.3) is 5.91 Å². The summed E-state index contributed by atoms with van der Waals surface area (Å²) in [7, 11) is 0. The first kappa shape index (κ1) is 19.3. The zero-order chi connectivity index (χ0) is 19.4. The largest absolute Gasteiger partial charge is 0.481 e. The Morgan fingerprint density at radius 2 is 1.93 bits per heavy atom. The number of aliphatic carboxylic acids is 1. The van der Waals surface area contributed by atoms with Crippen LogP contribution in [0.4, 0.5) is 4.39 Å². The summed E-state index contributed by atoms with van der Waals surface area (Å²) in [4.78, 5) is 25.1. The summed E-state index contributed by atoms with van der Waals surface area (Å²) in [6.45, 7) is 0.296. The molecule has 0 atom stereocenters. The third kappa shape index (κ3) is 4.81. The molecule has 1 fully saturated rings. The van der Waals surface area contributed by atoms with Crippen LogP contribution in [0.15, 0.2) is 53.4 Å². The minimum Gasteiger partial charge on any atom is -0.481 e. The van der Waals surface area contributed by atoms with Crippen molar-refractivity contribution in [2.45, 2.75) is 12.8 Å². The Labute approximate surface area is 165 Å². The zero-order valence-electron chi connectivity index (χ0n) is 14.2. The predicted octanol–water partition coefficient (Wildman–Crippen LogP) is 4.56. The van der Waals surface area contributed by atoms with Crippen LogP contribution in [0.1, 0.15) is 18.4 Å². The van der Waals surface area contributed by atoms with Crippen molar-refractivity contribution in [2.24, 2.45) is 0 Å². The number of hydrogen-bond acceptors (Lipinski definition) is 4. The molecule has 7 heteroatoms. The van der Waals surface area contributed by atoms with Crippen molar-refractivity contribution in [3.05, 3.63) is 64.8 Å². The quantitative estimate of drug-likeness (QED) is 0.568. The van der Waals surface area contributed by atoms with E-state index >= 15 is 0 Å². The van der Waals surface area contributed by atoms with Gasteiger partial charge >= 0.3 is 5.97 Å². The fourth-order valence-corrected chi connectivity index (χ4v) is 3.99. The number of rotatable bonds is 6. The molecule has 1 amide bonds. The van der Waals surface area contributed by atoms with Crippen molar-refractivity contribution in [3.63, 3.8) is 0 Å². The molecule has 138 valence electrons. The van der Waals surface area contributed by atoms with Crippen LogP contribution in [0.5, 0.6) is 0 Å². The molecule has 0 radical (unpaired) electrons. The van der Waals surface area contributed by atoms with Gasteiger partial charge in [0.05, 0.1) is 4.91 Å². The molecule has 0 saturated carbocycles. The second kappa shape index (κ2) is 8.45. The number of benzene rings is 2. The van der Waals surface area contributed by atoms with E-state index in [9.17, 15) is 14.0 Å². The van der Waals surface area contributed by atoms with Crippen molar-refractivity contribution < 1.29 is 19.1 Å². The maximum atomic E-state index is 13.1. The lowest BCUT2D eigenvalue weighted by Gasteiger charge is -2.13. The van der Waals surface area contributed by atoms with Crippen LogP contribution >= 0.6 is 24.0 Å². The fraction of sp³-hybridized carbons (Fsp3) is 0.150. The number of amides is 1. The second-order valence-electron chi connectivity index (χ2n) is 5.96. The molecule has 4 nitrogen and oxygen atoms in total. The third-order valence-electron chi connectivity index (χ3n) is 4.01. The van der Waals surface area contributed by atoms with Crippen molar-refractivity contribution in [3.8, 4) is 11.1 Å². The topological polar surface area (TPSA) is 57.6 Å². The van der Waals surface area contributed by atoms with Gasteiger partial charge < -0.3 is 5.11 Å². The van der Waals surface area contributed by atoms with Gasteiger partial charge in [-0.05, 0) is 47.4 Å². The Morgan fingerprint density at radius 1 is 1.19 bits per heavy atom. The molecule has 0 spiro atoms. The van der Waals surface area contributed by atoms with E-state index < -0.39 is 5.97 Å². The van der Waals surface area contributed by atoms with Gasteiger partial charge in [-0.3, -0.25) is 14.5 Å². The molecule has 1 saturated heterocycles. The van der Waals surface area contributed by atoms with Gasteiger partial charge in [0, 0.05) is 13.0 Å². The SMILES string of the molecule is O=C(O)CCCN1C(=O)C(=Cc2cccc(-c3ccc(F)cc3)c2)SC1=S. The summed E-state index contributed by atoms with van der Waals surface area (Å²) in [5.74, 6) is -1.39. The minimum absolute atomic E-state index is 0.00414. The van der Waals surface area contributed by atoms with E-state index in [1.165, 1.54) is 28.8 Å². The molecule has 1 aliphatic rings. The van der Waals surface area contributed by atoms with Gasteiger partial charge in [-0.25, -0.2) is 4.39 Å². The Balaban J connectivity index is 1.77. The molecule has 0 unspecified atom stereocenters. The average molecular weight is 401 g/mol. The van der Waals surface area contributed by atoms with Gasteiger partial charge in [-0.2, -0.15) is 0 Å². The number of carbonyl (C=O) groups is 2. The van der Waals surface area contributed by atoms with Gasteiger partial charge in [0.15, 0.2) is 0 Å². The van der Waals surface area contributed by atoms with E-state index in [2.05, 4.69) is 0 Å². The van der Waals surface area contributed by atoms with Crippen LogP contribution in [0.3, 0.4) is 0 Å². The molecule has 0 bridgehead atoms. The van der Waals surface area contributed by atoms with Gasteiger partial charge in [0.1, 0.15) is 10.1 Å². The van der Waals surface area contributed by atoms with Crippen molar-refractivity contribution in [1.82, 2.24) is 4.90 Å². The molecule has 0 aliphatic carbocycles. The first-order valence-corrected chi connectivity index (χ1v) is 9.50. The maximum absolute atomic E-state index is 13.1. The second-order valence-corrected chi connectivity index (χ2v) is 7.64. The number of carboxylic acid groups (broad SMARTS) is 1. The lowest BCUT2D eigenvalue weighted by Crippen LogP contribution is -2.29. The van der Waals surface area contributed by atoms with Crippen LogP contribution in [-0.2, 0) is 9.59 Å². The van der Waals surface area contributed by atoms with E-state index in [0.29, 0.717) is 22.2 Å². The third-order valence-corrected chi connectivity index (χ3v) is 5.39. The minimum atomic E-state index is -0.895. The standard InChI is InChI=1S/C20H16FNO3S2/c21-16-8-6-14(7-9-16)15-4-1-3-13(11-15)12-17-19(25)22(20(26)27-17)10-2-5-18(23)24/h1,3-4,6-9,11-12H,2,5,10H2,(H,23,24). The summed E-state index contributed by atoms with van der Waals surface area (Å²) in [5.41, 5.74) is 2.64. The highest BCUT2D eigenvalue weighted by molar-refractivity contribution is 8.26. The first-order chi connectivity index (χ1) is 12.9. The Kier molecular flexibility index (Phi) is 6.03. The highest BCUT2D eigenvalue weighted by atomic mass is 32.2. The van der Waals surface area contributed by atoms with E-state index in [1.54, 1.807) is 18.2 Å². The molecule has 1 N–H and O–H groups in total. The van der Waals surface area contributed by atoms with Gasteiger partial charge in [0.2, 0.25) is 0 Å². The summed E-state index contributed by atoms with van der Waals surface area (Å²) in [5, 5.41) is 8.73. The molecule has 2 aromatic rings. The summed E-state index contributed by atoms with van der Waals surface area (Å²) < 4.78 is 13.5. The molecular formula is C20H16FNO3S2. The summed E-state index contributed by atoms with van der Waals surface area (Å²) in [6, 6.07) is 13.8. The van der Waals surface area contributed by atoms with Crippen LogP contribution in [-0.4, -0.2) is 32.7 Å². The number of carboxylic acids is 1. The van der Waals surface area contributed by atoms with Crippen LogP contribution in [0.25, 0.3) is 17.2 Å². The molecule has 1 aliphatic heterocycles. The molecule has 1 heterocycles. The number of nitrogens with zero attached hydrogens (tertiary/aromatic N) is 1. The number of thiocarbonyl (C=S) groups is 1. The lowest BCUT2D eigenvalue weighted by molar-refractivity contribution is -0.137. The highest BCUT2D eigenvalue weighted by Crippen LogP contribution is 2.33. The number of hydrogen-bond donors (Lipinski definition) is 1. The highest BCUT2D eigenvalue weighted by Gasteiger charge is 2.31. The van der Waals surface area contributed by atoms with Crippen LogP contribution < -0.4 is 0 Å². The number of halogens is 1. The summed E-state index contributed by atoms with van der Waals surface area (Å²) >= 11 is 6.46. The monoisotopic (exact) mass is 401 g/mol. The number of thioether (sulfide) groups is 1. The molecule has 0 aromatic heterocycles. The Morgan fingerprint density at radius 3 is 2.63 bits per heavy atom. The lowest BCUT2D eigenvalue weighted by atomic mass is 10.0. The van der Waals surface area contributed by atoms with Crippen molar-refractivity contribution >= 4 is 46.3 Å². The molecule has 27 heavy (non-hydrogen) atoms. The predicted molar refractivity (Wildman–Crippen MR) is 109 cm³/mol. The first-order valence-electron chi connectivity index (χ1n) is 8.27. The molecule has 2 aromatic carbocycles. The van der Waals surface area contributed by atoms with E-state index in [4.69, 9.17) is 17.3 Å². The number of carbonyl (C=O) groups excluding carboxylic acids is 1. The average Bonchev–Trinajstić information content (AvgIpc) is 2.89. The van der Waals surface area contributed by atoms with E-state index in [-0.39, 0.29) is 18.1 Å². The zero-order valence-corrected chi connectivity index (χ0v) is 15.9. The smallest absolute Gasteiger partial charge is 0.303 e. The van der Waals surface area contributed by atoms with Crippen LogP contribution in [0, 0.1) is 5.82 Å². The molecular weight excluding hydrogens is 385 g/mol. The Hall–Kier alpha value is -2.51. The van der Waals surface area contributed by atoms with E-state index in [0.717, 1.165) is 16.7 Å². The normalized spacial score (nSPS) is 15.6. The fourth-order valence-electron chi connectivity index (χ4n) is 2.68. The van der Waals surface area contributed by atoms with Crippen molar-refractivity contribution in [1.29, 1.82) is 0 Å². The van der Waals surface area contributed by atoms with Gasteiger partial charge in [-0.15, -0.1) is 0 Å². The van der Waals surface area contributed by atoms with Gasteiger partial charge in [-0.1, -0.05) is 54.3 Å².